The Bertz CT molecular complexity index is 1180. The van der Waals surface area contributed by atoms with Crippen molar-refractivity contribution in [3.63, 3.8) is 0 Å². The third kappa shape index (κ3) is 4.51. The number of amides is 1. The van der Waals surface area contributed by atoms with E-state index >= 15 is 0 Å². The van der Waals surface area contributed by atoms with Crippen molar-refractivity contribution in [2.24, 2.45) is 12.0 Å². The fourth-order valence-corrected chi connectivity index (χ4v) is 4.58. The molecule has 0 saturated heterocycles. The molecular weight excluding hydrogens is 466 g/mol. The number of halogens is 1. The van der Waals surface area contributed by atoms with Crippen LogP contribution in [0.25, 0.3) is 0 Å². The Morgan fingerprint density at radius 1 is 1.21 bits per heavy atom. The van der Waals surface area contributed by atoms with Crippen molar-refractivity contribution in [1.82, 2.24) is 4.57 Å². The van der Waals surface area contributed by atoms with E-state index in [1.807, 2.05) is 0 Å². The van der Waals surface area contributed by atoms with Crippen LogP contribution in [0, 0.1) is 0 Å². The molecule has 0 spiro atoms. The average molecular weight is 482 g/mol. The van der Waals surface area contributed by atoms with Crippen LogP contribution in [-0.2, 0) is 17.1 Å². The first-order valence-corrected chi connectivity index (χ1v) is 11.1. The first-order chi connectivity index (χ1) is 13.3. The molecule has 0 radical (unpaired) electrons. The fourth-order valence-electron chi connectivity index (χ4n) is 2.33. The number of aryl methyl sites for hydroxylation is 1. The maximum atomic E-state index is 12.9. The summed E-state index contributed by atoms with van der Waals surface area (Å²) < 4.78 is 35.9. The van der Waals surface area contributed by atoms with Gasteiger partial charge in [0.15, 0.2) is 4.80 Å². The predicted octanol–water partition coefficient (Wildman–Crippen LogP) is 3.40. The van der Waals surface area contributed by atoms with Crippen molar-refractivity contribution < 1.29 is 17.9 Å². The molecule has 0 unspecified atom stereocenters. The van der Waals surface area contributed by atoms with Crippen molar-refractivity contribution in [3.05, 3.63) is 68.9 Å². The fraction of sp³-hybridized carbons (Fsp3) is 0.111. The van der Waals surface area contributed by atoms with Crippen LogP contribution < -0.4 is 14.3 Å². The minimum atomic E-state index is -3.98. The van der Waals surface area contributed by atoms with E-state index in [1.54, 1.807) is 47.5 Å². The highest BCUT2D eigenvalue weighted by Crippen LogP contribution is 2.27. The molecule has 7 nitrogen and oxygen atoms in total. The van der Waals surface area contributed by atoms with Crippen molar-refractivity contribution in [2.75, 3.05) is 11.8 Å². The van der Waals surface area contributed by atoms with E-state index in [1.165, 1.54) is 36.6 Å². The lowest BCUT2D eigenvalue weighted by Crippen LogP contribution is -2.16. The molecule has 10 heteroatoms. The molecule has 3 aromatic rings. The number of carbonyl (C=O) groups excluding carboxylic acids is 1. The summed E-state index contributed by atoms with van der Waals surface area (Å²) in [6.07, 6.45) is 1.78. The minimum absolute atomic E-state index is 0.128. The number of benzene rings is 2. The second-order valence-electron chi connectivity index (χ2n) is 5.69. The highest BCUT2D eigenvalue weighted by atomic mass is 79.9. The van der Waals surface area contributed by atoms with E-state index in [2.05, 4.69) is 25.6 Å². The van der Waals surface area contributed by atoms with Gasteiger partial charge in [-0.1, -0.05) is 15.9 Å². The molecule has 146 valence electrons. The Labute approximate surface area is 174 Å². The summed E-state index contributed by atoms with van der Waals surface area (Å²) >= 11 is 4.61. The van der Waals surface area contributed by atoms with Crippen LogP contribution in [0.15, 0.2) is 68.4 Å². The van der Waals surface area contributed by atoms with Crippen LogP contribution >= 0.6 is 27.3 Å². The van der Waals surface area contributed by atoms with E-state index in [0.29, 0.717) is 10.5 Å². The summed E-state index contributed by atoms with van der Waals surface area (Å²) in [6.45, 7) is 0. The van der Waals surface area contributed by atoms with Crippen molar-refractivity contribution >= 4 is 48.9 Å². The van der Waals surface area contributed by atoms with E-state index in [-0.39, 0.29) is 16.2 Å². The maximum absolute atomic E-state index is 12.9. The van der Waals surface area contributed by atoms with Gasteiger partial charge in [0.25, 0.3) is 15.9 Å². The van der Waals surface area contributed by atoms with Crippen LogP contribution in [0.2, 0.25) is 0 Å². The number of hydrogen-bond acceptors (Lipinski definition) is 5. The number of thiazole rings is 1. The second kappa shape index (κ2) is 8.29. The summed E-state index contributed by atoms with van der Waals surface area (Å²) in [5, 5.41) is 1.80. The Kier molecular flexibility index (Phi) is 6.01. The Morgan fingerprint density at radius 2 is 1.93 bits per heavy atom. The van der Waals surface area contributed by atoms with Crippen LogP contribution in [-0.4, -0.2) is 26.0 Å². The number of carbonyl (C=O) groups is 1. The minimum Gasteiger partial charge on any atom is -0.495 e. The molecule has 1 heterocycles. The lowest BCUT2D eigenvalue weighted by atomic mass is 10.2. The number of rotatable bonds is 5. The smallest absolute Gasteiger partial charge is 0.279 e. The number of ether oxygens (including phenoxy) is 1. The molecular formula is C18H16BrN3O4S2. The maximum Gasteiger partial charge on any atom is 0.279 e. The van der Waals surface area contributed by atoms with Gasteiger partial charge in [-0.25, -0.2) is 8.42 Å². The molecule has 0 aliphatic carbocycles. The standard InChI is InChI=1S/C18H16BrN3O4S2/c1-22-9-10-27-18(22)20-17(23)12-3-8-15(26-2)16(11-12)28(24,25)21-14-6-4-13(19)5-7-14/h3-11,21H,1-2H3. The van der Waals surface area contributed by atoms with Gasteiger partial charge in [0, 0.05) is 34.3 Å². The first kappa shape index (κ1) is 20.3. The van der Waals surface area contributed by atoms with Gasteiger partial charge in [0.2, 0.25) is 0 Å². The van der Waals surface area contributed by atoms with E-state index in [9.17, 15) is 13.2 Å². The monoisotopic (exact) mass is 481 g/mol. The first-order valence-electron chi connectivity index (χ1n) is 7.96. The SMILES string of the molecule is COc1ccc(C(=O)N=c2sccn2C)cc1S(=O)(=O)Nc1ccc(Br)cc1. The molecule has 28 heavy (non-hydrogen) atoms. The number of nitrogens with one attached hydrogen (secondary N) is 1. The molecule has 0 saturated carbocycles. The molecule has 0 atom stereocenters. The predicted molar refractivity (Wildman–Crippen MR) is 111 cm³/mol. The van der Waals surface area contributed by atoms with Crippen LogP contribution in [0.5, 0.6) is 5.75 Å². The quantitative estimate of drug-likeness (QED) is 0.604. The van der Waals surface area contributed by atoms with Gasteiger partial charge in [-0.3, -0.25) is 9.52 Å². The lowest BCUT2D eigenvalue weighted by molar-refractivity contribution is 0.0997. The molecule has 1 N–H and O–H groups in total. The summed E-state index contributed by atoms with van der Waals surface area (Å²) in [5.41, 5.74) is 0.530. The number of aromatic nitrogens is 1. The Balaban J connectivity index is 2.00. The molecule has 1 aromatic heterocycles. The zero-order valence-corrected chi connectivity index (χ0v) is 18.1. The van der Waals surface area contributed by atoms with Gasteiger partial charge in [-0.15, -0.1) is 11.3 Å². The van der Waals surface area contributed by atoms with Gasteiger partial charge < -0.3 is 9.30 Å². The van der Waals surface area contributed by atoms with Crippen molar-refractivity contribution in [2.45, 2.75) is 4.90 Å². The lowest BCUT2D eigenvalue weighted by Gasteiger charge is -2.12. The van der Waals surface area contributed by atoms with Gasteiger partial charge in [-0.05, 0) is 42.5 Å². The largest absolute Gasteiger partial charge is 0.495 e. The Hall–Kier alpha value is -2.43. The zero-order valence-electron chi connectivity index (χ0n) is 14.9. The normalized spacial score (nSPS) is 12.0. The molecule has 1 amide bonds. The summed E-state index contributed by atoms with van der Waals surface area (Å²) in [5.74, 6) is -0.413. The highest BCUT2D eigenvalue weighted by Gasteiger charge is 2.22. The zero-order chi connectivity index (χ0) is 20.3. The van der Waals surface area contributed by atoms with Crippen LogP contribution in [0.4, 0.5) is 5.69 Å². The highest BCUT2D eigenvalue weighted by molar-refractivity contribution is 9.10. The van der Waals surface area contributed by atoms with Gasteiger partial charge in [0.05, 0.1) is 7.11 Å². The summed E-state index contributed by atoms with van der Waals surface area (Å²) in [7, 11) is -0.843. The molecule has 3 rings (SSSR count). The molecule has 0 aliphatic heterocycles. The van der Waals surface area contributed by atoms with E-state index in [0.717, 1.165) is 4.47 Å². The van der Waals surface area contributed by atoms with Crippen LogP contribution in [0.3, 0.4) is 0 Å². The topological polar surface area (TPSA) is 89.8 Å². The van der Waals surface area contributed by atoms with Gasteiger partial charge in [0.1, 0.15) is 10.6 Å². The van der Waals surface area contributed by atoms with E-state index in [4.69, 9.17) is 4.74 Å². The van der Waals surface area contributed by atoms with Gasteiger partial charge >= 0.3 is 0 Å². The molecule has 0 fully saturated rings. The molecule has 0 aliphatic rings. The second-order valence-corrected chi connectivity index (χ2v) is 9.13. The third-order valence-corrected chi connectivity index (χ3v) is 6.53. The molecule has 2 aromatic carbocycles. The number of nitrogens with zero attached hydrogens (tertiary/aromatic N) is 2. The third-order valence-electron chi connectivity index (χ3n) is 3.75. The summed E-state index contributed by atoms with van der Waals surface area (Å²) in [4.78, 5) is 16.9. The van der Waals surface area contributed by atoms with E-state index < -0.39 is 15.9 Å². The number of anilines is 1. The van der Waals surface area contributed by atoms with Crippen molar-refractivity contribution in [1.29, 1.82) is 0 Å². The number of methoxy groups -OCH3 is 1. The molecule has 0 bridgehead atoms. The van der Waals surface area contributed by atoms with Crippen LogP contribution in [0.1, 0.15) is 10.4 Å². The number of hydrogen-bond donors (Lipinski definition) is 1. The summed E-state index contributed by atoms with van der Waals surface area (Å²) in [6, 6.07) is 10.9. The van der Waals surface area contributed by atoms with Gasteiger partial charge in [-0.2, -0.15) is 4.99 Å². The van der Waals surface area contributed by atoms with Crippen molar-refractivity contribution in [3.8, 4) is 5.75 Å². The number of sulfonamides is 1. The Morgan fingerprint density at radius 3 is 2.54 bits per heavy atom. The average Bonchev–Trinajstić information content (AvgIpc) is 3.07.